The Labute approximate surface area is 109 Å². The van der Waals surface area contributed by atoms with Crippen molar-refractivity contribution < 1.29 is 4.79 Å². The summed E-state index contributed by atoms with van der Waals surface area (Å²) in [5.74, 6) is 0.633. The highest BCUT2D eigenvalue weighted by atomic mass is 16.1. The van der Waals surface area contributed by atoms with Crippen molar-refractivity contribution in [2.24, 2.45) is 11.7 Å². The highest BCUT2D eigenvalue weighted by Crippen LogP contribution is 2.32. The Morgan fingerprint density at radius 1 is 1.50 bits per heavy atom. The van der Waals surface area contributed by atoms with Crippen molar-refractivity contribution in [3.05, 3.63) is 35.4 Å². The molecule has 1 aromatic rings. The van der Waals surface area contributed by atoms with Crippen LogP contribution < -0.4 is 11.1 Å². The van der Waals surface area contributed by atoms with Gasteiger partial charge in [-0.15, -0.1) is 0 Å². The number of hydrogen-bond donors (Lipinski definition) is 2. The van der Waals surface area contributed by atoms with Crippen LogP contribution in [0.5, 0.6) is 0 Å². The molecule has 3 nitrogen and oxygen atoms in total. The van der Waals surface area contributed by atoms with Gasteiger partial charge in [-0.25, -0.2) is 0 Å². The lowest BCUT2D eigenvalue weighted by atomic mass is 10.0. The van der Waals surface area contributed by atoms with Gasteiger partial charge in [0.2, 0.25) is 5.91 Å². The average molecular weight is 246 g/mol. The van der Waals surface area contributed by atoms with Gasteiger partial charge in [-0.3, -0.25) is 4.79 Å². The zero-order valence-corrected chi connectivity index (χ0v) is 11.1. The summed E-state index contributed by atoms with van der Waals surface area (Å²) in [6.07, 6.45) is 2.81. The lowest BCUT2D eigenvalue weighted by molar-refractivity contribution is -0.122. The van der Waals surface area contributed by atoms with Crippen LogP contribution in [0.15, 0.2) is 24.3 Å². The summed E-state index contributed by atoms with van der Waals surface area (Å²) < 4.78 is 0. The molecule has 2 atom stereocenters. The van der Waals surface area contributed by atoms with Gasteiger partial charge in [0.1, 0.15) is 0 Å². The molecular weight excluding hydrogens is 224 g/mol. The summed E-state index contributed by atoms with van der Waals surface area (Å²) in [6.45, 7) is 4.07. The number of carbonyl (C=O) groups is 1. The molecule has 18 heavy (non-hydrogen) atoms. The molecular formula is C15H22N2O. The van der Waals surface area contributed by atoms with Crippen LogP contribution in [0.1, 0.15) is 43.4 Å². The molecule has 1 unspecified atom stereocenters. The number of nitrogens with one attached hydrogen (secondary N) is 1. The van der Waals surface area contributed by atoms with Gasteiger partial charge in [-0.1, -0.05) is 29.8 Å². The zero-order valence-electron chi connectivity index (χ0n) is 11.1. The molecule has 98 valence electrons. The third-order valence-electron chi connectivity index (χ3n) is 3.57. The first-order valence-corrected chi connectivity index (χ1v) is 6.68. The summed E-state index contributed by atoms with van der Waals surface area (Å²) in [7, 11) is 0. The number of hydrogen-bond acceptors (Lipinski definition) is 2. The van der Waals surface area contributed by atoms with Crippen molar-refractivity contribution in [1.82, 2.24) is 5.32 Å². The van der Waals surface area contributed by atoms with Gasteiger partial charge < -0.3 is 11.1 Å². The minimum Gasteiger partial charge on any atom is -0.350 e. The molecule has 3 heteroatoms. The molecule has 0 aliphatic heterocycles. The Hall–Kier alpha value is -1.35. The number of aryl methyl sites for hydroxylation is 1. The van der Waals surface area contributed by atoms with E-state index in [9.17, 15) is 4.79 Å². The van der Waals surface area contributed by atoms with Crippen molar-refractivity contribution in [1.29, 1.82) is 0 Å². The van der Waals surface area contributed by atoms with Gasteiger partial charge in [0.25, 0.3) is 0 Å². The number of nitrogens with two attached hydrogens (primary N) is 1. The maximum atomic E-state index is 11.9. The molecule has 0 bridgehead atoms. The molecule has 3 N–H and O–H groups in total. The van der Waals surface area contributed by atoms with E-state index >= 15 is 0 Å². The second kappa shape index (κ2) is 5.53. The lowest BCUT2D eigenvalue weighted by Crippen LogP contribution is -2.34. The summed E-state index contributed by atoms with van der Waals surface area (Å²) in [6, 6.07) is 8.30. The summed E-state index contributed by atoms with van der Waals surface area (Å²) in [5, 5.41) is 3.02. The van der Waals surface area contributed by atoms with Crippen LogP contribution in [0.3, 0.4) is 0 Å². The van der Waals surface area contributed by atoms with E-state index in [1.807, 2.05) is 19.1 Å². The van der Waals surface area contributed by atoms with Gasteiger partial charge in [-0.2, -0.15) is 0 Å². The SMILES string of the molecule is Cc1cccc([C@H](C)NC(=O)CC(N)C2CC2)c1. The van der Waals surface area contributed by atoms with E-state index in [-0.39, 0.29) is 18.0 Å². The molecule has 0 spiro atoms. The minimum absolute atomic E-state index is 0.0368. The number of amides is 1. The van der Waals surface area contributed by atoms with E-state index in [2.05, 4.69) is 24.4 Å². The first kappa shape index (κ1) is 13.1. The molecule has 0 aromatic heterocycles. The van der Waals surface area contributed by atoms with E-state index in [0.29, 0.717) is 12.3 Å². The van der Waals surface area contributed by atoms with Gasteiger partial charge in [0.15, 0.2) is 0 Å². The van der Waals surface area contributed by atoms with Crippen LogP contribution in [-0.2, 0) is 4.79 Å². The highest BCUT2D eigenvalue weighted by Gasteiger charge is 2.29. The predicted octanol–water partition coefficient (Wildman–Crippen LogP) is 2.30. The normalized spacial score (nSPS) is 18.2. The van der Waals surface area contributed by atoms with Gasteiger partial charge in [0, 0.05) is 12.5 Å². The predicted molar refractivity (Wildman–Crippen MR) is 73.1 cm³/mol. The van der Waals surface area contributed by atoms with E-state index in [1.165, 1.54) is 18.4 Å². The number of rotatable bonds is 5. The second-order valence-electron chi connectivity index (χ2n) is 5.41. The summed E-state index contributed by atoms with van der Waals surface area (Å²) in [5.41, 5.74) is 8.31. The fourth-order valence-electron chi connectivity index (χ4n) is 2.23. The number of carbonyl (C=O) groups excluding carboxylic acids is 1. The van der Waals surface area contributed by atoms with Crippen molar-refractivity contribution in [3.63, 3.8) is 0 Å². The van der Waals surface area contributed by atoms with E-state index < -0.39 is 0 Å². The van der Waals surface area contributed by atoms with Crippen LogP contribution in [0, 0.1) is 12.8 Å². The highest BCUT2D eigenvalue weighted by molar-refractivity contribution is 5.77. The maximum Gasteiger partial charge on any atom is 0.222 e. The van der Waals surface area contributed by atoms with Crippen LogP contribution in [0.25, 0.3) is 0 Å². The molecule has 1 aliphatic rings. The molecule has 1 saturated carbocycles. The Bertz CT molecular complexity index is 426. The van der Waals surface area contributed by atoms with E-state index in [1.54, 1.807) is 0 Å². The molecule has 1 aliphatic carbocycles. The topological polar surface area (TPSA) is 55.1 Å². The first-order valence-electron chi connectivity index (χ1n) is 6.68. The van der Waals surface area contributed by atoms with Crippen LogP contribution >= 0.6 is 0 Å². The van der Waals surface area contributed by atoms with E-state index in [4.69, 9.17) is 5.73 Å². The van der Waals surface area contributed by atoms with E-state index in [0.717, 1.165) is 5.56 Å². The average Bonchev–Trinajstić information content (AvgIpc) is 3.12. The third kappa shape index (κ3) is 3.57. The van der Waals surface area contributed by atoms with Crippen molar-refractivity contribution in [2.45, 2.75) is 45.2 Å². The van der Waals surface area contributed by atoms with Crippen LogP contribution in [-0.4, -0.2) is 11.9 Å². The fraction of sp³-hybridized carbons (Fsp3) is 0.533. The van der Waals surface area contributed by atoms with Crippen molar-refractivity contribution in [2.75, 3.05) is 0 Å². The lowest BCUT2D eigenvalue weighted by Gasteiger charge is -2.16. The minimum atomic E-state index is 0.0368. The van der Waals surface area contributed by atoms with Crippen LogP contribution in [0.2, 0.25) is 0 Å². The second-order valence-corrected chi connectivity index (χ2v) is 5.41. The maximum absolute atomic E-state index is 11.9. The molecule has 0 radical (unpaired) electrons. The monoisotopic (exact) mass is 246 g/mol. The molecule has 1 aromatic carbocycles. The number of benzene rings is 1. The Morgan fingerprint density at radius 3 is 2.83 bits per heavy atom. The molecule has 1 fully saturated rings. The molecule has 0 heterocycles. The molecule has 1 amide bonds. The standard InChI is InChI=1S/C15H22N2O/c1-10-4-3-5-13(8-10)11(2)17-15(18)9-14(16)12-6-7-12/h3-5,8,11-12,14H,6-7,9,16H2,1-2H3,(H,17,18)/t11-,14?/m0/s1. The molecule has 0 saturated heterocycles. The third-order valence-corrected chi connectivity index (χ3v) is 3.57. The van der Waals surface area contributed by atoms with Gasteiger partial charge in [0.05, 0.1) is 6.04 Å². The fourth-order valence-corrected chi connectivity index (χ4v) is 2.23. The van der Waals surface area contributed by atoms with Crippen molar-refractivity contribution in [3.8, 4) is 0 Å². The first-order chi connectivity index (χ1) is 8.56. The van der Waals surface area contributed by atoms with Gasteiger partial charge >= 0.3 is 0 Å². The summed E-state index contributed by atoms with van der Waals surface area (Å²) >= 11 is 0. The Kier molecular flexibility index (Phi) is 4.02. The summed E-state index contributed by atoms with van der Waals surface area (Å²) in [4.78, 5) is 11.9. The quantitative estimate of drug-likeness (QED) is 0.837. The zero-order chi connectivity index (χ0) is 13.1. The molecule has 2 rings (SSSR count). The Balaban J connectivity index is 1.86. The Morgan fingerprint density at radius 2 is 2.22 bits per heavy atom. The largest absolute Gasteiger partial charge is 0.350 e. The van der Waals surface area contributed by atoms with Crippen LogP contribution in [0.4, 0.5) is 0 Å². The smallest absolute Gasteiger partial charge is 0.222 e. The van der Waals surface area contributed by atoms with Crippen molar-refractivity contribution >= 4 is 5.91 Å². The van der Waals surface area contributed by atoms with Gasteiger partial charge in [-0.05, 0) is 38.2 Å².